The molecule has 8 heteroatoms. The zero-order valence-corrected chi connectivity index (χ0v) is 18.6. The van der Waals surface area contributed by atoms with Crippen LogP contribution in [0.1, 0.15) is 55.0 Å². The second-order valence-corrected chi connectivity index (χ2v) is 7.10. The molecule has 0 aliphatic heterocycles. The van der Waals surface area contributed by atoms with E-state index in [2.05, 4.69) is 6.92 Å². The van der Waals surface area contributed by atoms with Gasteiger partial charge in [0.05, 0.1) is 30.8 Å². The van der Waals surface area contributed by atoms with Gasteiger partial charge in [-0.05, 0) is 37.0 Å². The van der Waals surface area contributed by atoms with Crippen molar-refractivity contribution in [1.82, 2.24) is 0 Å². The van der Waals surface area contributed by atoms with Crippen LogP contribution < -0.4 is 9.47 Å². The molecule has 2 aromatic carbocycles. The Balaban J connectivity index is 2.21. The molecule has 0 spiro atoms. The summed E-state index contributed by atoms with van der Waals surface area (Å²) in [5.41, 5.74) is 3.09. The highest BCUT2D eigenvalue weighted by molar-refractivity contribution is 5.62. The average molecular weight is 431 g/mol. The first-order valence-corrected chi connectivity index (χ1v) is 10.2. The van der Waals surface area contributed by atoms with E-state index in [1.54, 1.807) is 6.92 Å². The van der Waals surface area contributed by atoms with Crippen molar-refractivity contribution in [2.45, 2.75) is 52.7 Å². The Hall–Kier alpha value is -3.29. The van der Waals surface area contributed by atoms with E-state index >= 15 is 0 Å². The molecule has 31 heavy (non-hydrogen) atoms. The molecular formula is C23H29NO7. The third-order valence-electron chi connectivity index (χ3n) is 4.91. The third kappa shape index (κ3) is 6.10. The SMILES string of the molecule is CCCc1ccc(C)cc1COC(=O)OC(CC)c1cc(OC)c(OC)cc1[N+](=O)[O-]. The molecule has 0 fully saturated rings. The van der Waals surface area contributed by atoms with Gasteiger partial charge < -0.3 is 18.9 Å². The van der Waals surface area contributed by atoms with Crippen molar-refractivity contribution in [3.8, 4) is 11.5 Å². The van der Waals surface area contributed by atoms with Gasteiger partial charge in [0.25, 0.3) is 5.69 Å². The smallest absolute Gasteiger partial charge is 0.493 e. The zero-order chi connectivity index (χ0) is 23.0. The van der Waals surface area contributed by atoms with Gasteiger partial charge in [0.1, 0.15) is 12.7 Å². The number of aryl methyl sites for hydroxylation is 2. The number of nitro benzene ring substituents is 1. The maximum atomic E-state index is 12.4. The zero-order valence-electron chi connectivity index (χ0n) is 18.6. The van der Waals surface area contributed by atoms with Crippen LogP contribution >= 0.6 is 0 Å². The molecule has 0 aliphatic carbocycles. The molecule has 2 aromatic rings. The third-order valence-corrected chi connectivity index (χ3v) is 4.91. The lowest BCUT2D eigenvalue weighted by Crippen LogP contribution is -2.14. The number of nitrogens with zero attached hydrogens (tertiary/aromatic N) is 1. The molecule has 0 radical (unpaired) electrons. The quantitative estimate of drug-likeness (QED) is 0.271. The van der Waals surface area contributed by atoms with E-state index in [9.17, 15) is 14.9 Å². The largest absolute Gasteiger partial charge is 0.509 e. The summed E-state index contributed by atoms with van der Waals surface area (Å²) in [5, 5.41) is 11.6. The van der Waals surface area contributed by atoms with Crippen molar-refractivity contribution in [3.05, 3.63) is 62.7 Å². The van der Waals surface area contributed by atoms with Gasteiger partial charge in [-0.2, -0.15) is 0 Å². The number of methoxy groups -OCH3 is 2. The second kappa shape index (κ2) is 11.2. The highest BCUT2D eigenvalue weighted by Gasteiger charge is 2.28. The van der Waals surface area contributed by atoms with Crippen molar-refractivity contribution in [2.75, 3.05) is 14.2 Å². The van der Waals surface area contributed by atoms with Crippen LogP contribution in [0.2, 0.25) is 0 Å². The van der Waals surface area contributed by atoms with E-state index in [0.717, 1.165) is 29.5 Å². The molecule has 2 rings (SSSR count). The Bertz CT molecular complexity index is 926. The van der Waals surface area contributed by atoms with Crippen LogP contribution in [-0.2, 0) is 22.5 Å². The summed E-state index contributed by atoms with van der Waals surface area (Å²) in [4.78, 5) is 23.4. The molecule has 0 bridgehead atoms. The first-order valence-electron chi connectivity index (χ1n) is 10.2. The molecular weight excluding hydrogens is 402 g/mol. The molecule has 8 nitrogen and oxygen atoms in total. The fraction of sp³-hybridized carbons (Fsp3) is 0.435. The van der Waals surface area contributed by atoms with Gasteiger partial charge in [0.2, 0.25) is 0 Å². The van der Waals surface area contributed by atoms with Gasteiger partial charge in [-0.15, -0.1) is 0 Å². The summed E-state index contributed by atoms with van der Waals surface area (Å²) < 4.78 is 21.2. The van der Waals surface area contributed by atoms with Crippen LogP contribution in [0.4, 0.5) is 10.5 Å². The van der Waals surface area contributed by atoms with Gasteiger partial charge in [-0.3, -0.25) is 10.1 Å². The van der Waals surface area contributed by atoms with Crippen molar-refractivity contribution < 1.29 is 28.7 Å². The number of carbonyl (C=O) groups excluding carboxylic acids is 1. The van der Waals surface area contributed by atoms with E-state index in [-0.39, 0.29) is 23.6 Å². The van der Waals surface area contributed by atoms with Crippen LogP contribution in [0.5, 0.6) is 11.5 Å². The molecule has 1 atom stereocenters. The first kappa shape index (κ1) is 24.0. The number of nitro groups is 1. The van der Waals surface area contributed by atoms with E-state index in [1.165, 1.54) is 26.4 Å². The Morgan fingerprint density at radius 3 is 2.32 bits per heavy atom. The molecule has 0 heterocycles. The van der Waals surface area contributed by atoms with Gasteiger partial charge in [0.15, 0.2) is 11.5 Å². The van der Waals surface area contributed by atoms with E-state index in [0.29, 0.717) is 12.2 Å². The van der Waals surface area contributed by atoms with Crippen LogP contribution in [0.15, 0.2) is 30.3 Å². The lowest BCUT2D eigenvalue weighted by Gasteiger charge is -2.18. The minimum Gasteiger partial charge on any atom is -0.493 e. The van der Waals surface area contributed by atoms with E-state index < -0.39 is 17.2 Å². The highest BCUT2D eigenvalue weighted by Crippen LogP contribution is 2.39. The fourth-order valence-electron chi connectivity index (χ4n) is 3.36. The highest BCUT2D eigenvalue weighted by atomic mass is 16.7. The normalized spacial score (nSPS) is 11.5. The standard InChI is InChI=1S/C23H29NO7/c1-6-8-16-10-9-15(3)11-17(16)14-30-23(25)31-20(7-2)18-12-21(28-4)22(29-5)13-19(18)24(26)27/h9-13,20H,6-8,14H2,1-5H3. The van der Waals surface area contributed by atoms with Crippen molar-refractivity contribution >= 4 is 11.8 Å². The maximum absolute atomic E-state index is 12.4. The van der Waals surface area contributed by atoms with Crippen LogP contribution in [0.25, 0.3) is 0 Å². The number of carbonyl (C=O) groups is 1. The van der Waals surface area contributed by atoms with Crippen molar-refractivity contribution in [1.29, 1.82) is 0 Å². The van der Waals surface area contributed by atoms with Gasteiger partial charge >= 0.3 is 6.16 Å². The lowest BCUT2D eigenvalue weighted by molar-refractivity contribution is -0.386. The molecule has 1 unspecified atom stereocenters. The van der Waals surface area contributed by atoms with Gasteiger partial charge in [-0.1, -0.05) is 44.0 Å². The summed E-state index contributed by atoms with van der Waals surface area (Å²) in [5.74, 6) is 0.528. The van der Waals surface area contributed by atoms with E-state index in [4.69, 9.17) is 18.9 Å². The van der Waals surface area contributed by atoms with E-state index in [1.807, 2.05) is 25.1 Å². The Morgan fingerprint density at radius 1 is 1.06 bits per heavy atom. The minimum atomic E-state index is -0.889. The number of ether oxygens (including phenoxy) is 4. The summed E-state index contributed by atoms with van der Waals surface area (Å²) >= 11 is 0. The lowest BCUT2D eigenvalue weighted by atomic mass is 10.0. The first-order chi connectivity index (χ1) is 14.8. The predicted molar refractivity (Wildman–Crippen MR) is 116 cm³/mol. The van der Waals surface area contributed by atoms with Crippen molar-refractivity contribution in [3.63, 3.8) is 0 Å². The average Bonchev–Trinajstić information content (AvgIpc) is 2.76. The molecule has 0 aliphatic rings. The topological polar surface area (TPSA) is 97.1 Å². The van der Waals surface area contributed by atoms with Gasteiger partial charge in [-0.25, -0.2) is 4.79 Å². The maximum Gasteiger partial charge on any atom is 0.509 e. The van der Waals surface area contributed by atoms with Gasteiger partial charge in [0, 0.05) is 0 Å². The molecule has 0 aromatic heterocycles. The molecule has 0 saturated heterocycles. The number of hydrogen-bond acceptors (Lipinski definition) is 7. The summed E-state index contributed by atoms with van der Waals surface area (Å²) in [6.45, 7) is 5.89. The molecule has 0 saturated carbocycles. The Kier molecular flexibility index (Phi) is 8.66. The van der Waals surface area contributed by atoms with Crippen LogP contribution in [0.3, 0.4) is 0 Å². The minimum absolute atomic E-state index is 0.0697. The monoisotopic (exact) mass is 431 g/mol. The summed E-state index contributed by atoms with van der Waals surface area (Å²) in [7, 11) is 2.82. The number of hydrogen-bond donors (Lipinski definition) is 0. The molecule has 0 amide bonds. The second-order valence-electron chi connectivity index (χ2n) is 7.10. The number of rotatable bonds is 10. The fourth-order valence-corrected chi connectivity index (χ4v) is 3.36. The predicted octanol–water partition coefficient (Wildman–Crippen LogP) is 5.68. The van der Waals surface area contributed by atoms with Crippen molar-refractivity contribution in [2.24, 2.45) is 0 Å². The number of benzene rings is 2. The Labute approximate surface area is 182 Å². The summed E-state index contributed by atoms with van der Waals surface area (Å²) in [6, 6.07) is 8.75. The van der Waals surface area contributed by atoms with Crippen LogP contribution in [-0.4, -0.2) is 25.3 Å². The molecule has 0 N–H and O–H groups in total. The Morgan fingerprint density at radius 2 is 1.74 bits per heavy atom. The summed E-state index contributed by atoms with van der Waals surface area (Å²) in [6.07, 6.45) is 0.405. The molecule has 168 valence electrons. The van der Waals surface area contributed by atoms with Crippen LogP contribution in [0, 0.1) is 17.0 Å².